The molecule has 0 aliphatic rings. The van der Waals surface area contributed by atoms with E-state index in [1.54, 1.807) is 33.1 Å². The molecule has 100 valence electrons. The van der Waals surface area contributed by atoms with Crippen LogP contribution in [0.3, 0.4) is 0 Å². The number of nitrogens with one attached hydrogen (secondary N) is 2. The highest BCUT2D eigenvalue weighted by Crippen LogP contribution is 2.20. The van der Waals surface area contributed by atoms with Gasteiger partial charge in [0.25, 0.3) is 0 Å². The third kappa shape index (κ3) is 3.92. The lowest BCUT2D eigenvalue weighted by molar-refractivity contribution is 0.187. The molecule has 0 saturated heterocycles. The molecule has 0 spiro atoms. The minimum atomic E-state index is -0.648. The highest BCUT2D eigenvalue weighted by Gasteiger charge is 2.19. The maximum atomic E-state index is 11.7. The van der Waals surface area contributed by atoms with Crippen LogP contribution in [-0.4, -0.2) is 30.4 Å². The fourth-order valence-electron chi connectivity index (χ4n) is 1.40. The van der Waals surface area contributed by atoms with Crippen LogP contribution in [0.2, 0.25) is 0 Å². The van der Waals surface area contributed by atoms with Gasteiger partial charge >= 0.3 is 6.03 Å². The first-order valence-electron chi connectivity index (χ1n) is 5.72. The Bertz CT molecular complexity index is 430. The van der Waals surface area contributed by atoms with Gasteiger partial charge in [-0.1, -0.05) is 0 Å². The summed E-state index contributed by atoms with van der Waals surface area (Å²) in [5.74, 6) is 0.745. The average molecular weight is 252 g/mol. The molecule has 18 heavy (non-hydrogen) atoms. The first kappa shape index (κ1) is 14.3. The number of benzene rings is 1. The van der Waals surface area contributed by atoms with Gasteiger partial charge in [0.15, 0.2) is 0 Å². The first-order chi connectivity index (χ1) is 8.38. The number of anilines is 1. The van der Waals surface area contributed by atoms with Crippen LogP contribution in [-0.2, 0) is 0 Å². The molecule has 5 heteroatoms. The maximum Gasteiger partial charge on any atom is 0.319 e. The minimum absolute atomic E-state index is 0.123. The topological polar surface area (TPSA) is 70.6 Å². The highest BCUT2D eigenvalue weighted by molar-refractivity contribution is 5.90. The molecule has 1 rings (SSSR count). The van der Waals surface area contributed by atoms with Crippen molar-refractivity contribution in [2.75, 3.05) is 19.0 Å². The van der Waals surface area contributed by atoms with Crippen LogP contribution in [0.1, 0.15) is 19.4 Å². The Morgan fingerprint density at radius 3 is 2.61 bits per heavy atom. The second kappa shape index (κ2) is 5.73. The zero-order chi connectivity index (χ0) is 13.8. The molecule has 0 aliphatic carbocycles. The van der Waals surface area contributed by atoms with Gasteiger partial charge in [0.1, 0.15) is 5.75 Å². The summed E-state index contributed by atoms with van der Waals surface area (Å²) in [6, 6.07) is 5.05. The molecule has 5 nitrogen and oxygen atoms in total. The molecule has 3 N–H and O–H groups in total. The minimum Gasteiger partial charge on any atom is -0.497 e. The highest BCUT2D eigenvalue weighted by atomic mass is 16.5. The number of amides is 2. The van der Waals surface area contributed by atoms with E-state index in [1.165, 1.54) is 0 Å². The number of carbonyl (C=O) groups excluding carboxylic acids is 1. The smallest absolute Gasteiger partial charge is 0.319 e. The molecule has 2 amide bonds. The quantitative estimate of drug-likeness (QED) is 0.766. The Morgan fingerprint density at radius 2 is 2.11 bits per heavy atom. The summed E-state index contributed by atoms with van der Waals surface area (Å²) >= 11 is 0. The summed E-state index contributed by atoms with van der Waals surface area (Å²) in [5, 5.41) is 14.5. The van der Waals surface area contributed by atoms with E-state index in [9.17, 15) is 4.79 Å². The monoisotopic (exact) mass is 252 g/mol. The third-order valence-electron chi connectivity index (χ3n) is 2.53. The van der Waals surface area contributed by atoms with Crippen molar-refractivity contribution in [2.24, 2.45) is 0 Å². The molecule has 0 unspecified atom stereocenters. The van der Waals surface area contributed by atoms with Crippen molar-refractivity contribution in [3.05, 3.63) is 23.8 Å². The van der Waals surface area contributed by atoms with E-state index in [2.05, 4.69) is 10.6 Å². The SMILES string of the molecule is COc1ccc(NC(=O)NC(C)(C)CO)c(C)c1. The molecule has 0 fully saturated rings. The Morgan fingerprint density at radius 1 is 1.44 bits per heavy atom. The lowest BCUT2D eigenvalue weighted by Crippen LogP contribution is -2.48. The number of carbonyl (C=O) groups is 1. The average Bonchev–Trinajstić information content (AvgIpc) is 2.31. The lowest BCUT2D eigenvalue weighted by Gasteiger charge is -2.23. The summed E-state index contributed by atoms with van der Waals surface area (Å²) in [5.41, 5.74) is 0.970. The van der Waals surface area contributed by atoms with Gasteiger partial charge in [-0.05, 0) is 44.5 Å². The van der Waals surface area contributed by atoms with E-state index in [0.29, 0.717) is 5.69 Å². The number of hydrogen-bond donors (Lipinski definition) is 3. The van der Waals surface area contributed by atoms with Gasteiger partial charge in [-0.2, -0.15) is 0 Å². The van der Waals surface area contributed by atoms with Crippen molar-refractivity contribution in [1.82, 2.24) is 5.32 Å². The van der Waals surface area contributed by atoms with E-state index < -0.39 is 5.54 Å². The number of hydrogen-bond acceptors (Lipinski definition) is 3. The molecule has 0 aliphatic heterocycles. The zero-order valence-corrected chi connectivity index (χ0v) is 11.2. The van der Waals surface area contributed by atoms with Gasteiger partial charge in [0.2, 0.25) is 0 Å². The predicted octanol–water partition coefficient (Wildman–Crippen LogP) is 1.90. The number of ether oxygens (including phenoxy) is 1. The fourth-order valence-corrected chi connectivity index (χ4v) is 1.40. The molecule has 0 saturated carbocycles. The molecule has 0 aromatic heterocycles. The molecular weight excluding hydrogens is 232 g/mol. The largest absolute Gasteiger partial charge is 0.497 e. The molecule has 0 bridgehead atoms. The van der Waals surface area contributed by atoms with E-state index >= 15 is 0 Å². The van der Waals surface area contributed by atoms with E-state index in [-0.39, 0.29) is 12.6 Å². The predicted molar refractivity (Wildman–Crippen MR) is 71.1 cm³/mol. The molecule has 1 aromatic carbocycles. The summed E-state index contributed by atoms with van der Waals surface area (Å²) in [6.45, 7) is 5.25. The summed E-state index contributed by atoms with van der Waals surface area (Å²) in [4.78, 5) is 11.7. The van der Waals surface area contributed by atoms with Crippen LogP contribution in [0.25, 0.3) is 0 Å². The maximum absolute atomic E-state index is 11.7. The number of aliphatic hydroxyl groups is 1. The summed E-state index contributed by atoms with van der Waals surface area (Å²) in [7, 11) is 1.60. The Balaban J connectivity index is 2.71. The number of methoxy groups -OCH3 is 1. The van der Waals surface area contributed by atoms with E-state index in [1.807, 2.05) is 13.0 Å². The van der Waals surface area contributed by atoms with Gasteiger partial charge in [-0.15, -0.1) is 0 Å². The van der Waals surface area contributed by atoms with Gasteiger partial charge in [0, 0.05) is 5.69 Å². The van der Waals surface area contributed by atoms with Crippen LogP contribution in [0, 0.1) is 6.92 Å². The van der Waals surface area contributed by atoms with Crippen molar-refractivity contribution in [3.8, 4) is 5.75 Å². The molecular formula is C13H20N2O3. The van der Waals surface area contributed by atoms with Crippen LogP contribution < -0.4 is 15.4 Å². The number of rotatable bonds is 4. The Hall–Kier alpha value is -1.75. The summed E-state index contributed by atoms with van der Waals surface area (Å²) in [6.07, 6.45) is 0. The Labute approximate surface area is 107 Å². The van der Waals surface area contributed by atoms with Crippen LogP contribution >= 0.6 is 0 Å². The fraction of sp³-hybridized carbons (Fsp3) is 0.462. The molecule has 0 atom stereocenters. The van der Waals surface area contributed by atoms with Crippen molar-refractivity contribution < 1.29 is 14.6 Å². The first-order valence-corrected chi connectivity index (χ1v) is 5.72. The standard InChI is InChI=1S/C13H20N2O3/c1-9-7-10(18-4)5-6-11(9)14-12(17)15-13(2,3)8-16/h5-7,16H,8H2,1-4H3,(H2,14,15,17). The second-order valence-electron chi connectivity index (χ2n) is 4.80. The Kier molecular flexibility index (Phi) is 4.55. The van der Waals surface area contributed by atoms with Crippen LogP contribution in [0.5, 0.6) is 5.75 Å². The van der Waals surface area contributed by atoms with Gasteiger partial charge in [0.05, 0.1) is 19.3 Å². The van der Waals surface area contributed by atoms with Crippen molar-refractivity contribution in [2.45, 2.75) is 26.3 Å². The van der Waals surface area contributed by atoms with Crippen molar-refractivity contribution in [3.63, 3.8) is 0 Å². The van der Waals surface area contributed by atoms with Crippen LogP contribution in [0.15, 0.2) is 18.2 Å². The molecule has 0 radical (unpaired) electrons. The number of urea groups is 1. The summed E-state index contributed by atoms with van der Waals surface area (Å²) < 4.78 is 5.09. The van der Waals surface area contributed by atoms with Gasteiger partial charge in [-0.3, -0.25) is 0 Å². The van der Waals surface area contributed by atoms with Crippen molar-refractivity contribution in [1.29, 1.82) is 0 Å². The normalized spacial score (nSPS) is 10.9. The van der Waals surface area contributed by atoms with Crippen molar-refractivity contribution >= 4 is 11.7 Å². The van der Waals surface area contributed by atoms with Crippen LogP contribution in [0.4, 0.5) is 10.5 Å². The zero-order valence-electron chi connectivity index (χ0n) is 11.2. The third-order valence-corrected chi connectivity index (χ3v) is 2.53. The lowest BCUT2D eigenvalue weighted by atomic mass is 10.1. The molecule has 0 heterocycles. The van der Waals surface area contributed by atoms with Gasteiger partial charge < -0.3 is 20.5 Å². The number of aliphatic hydroxyl groups excluding tert-OH is 1. The van der Waals surface area contributed by atoms with E-state index in [0.717, 1.165) is 11.3 Å². The molecule has 1 aromatic rings. The van der Waals surface area contributed by atoms with Gasteiger partial charge in [-0.25, -0.2) is 4.79 Å². The number of aryl methyl sites for hydroxylation is 1. The van der Waals surface area contributed by atoms with E-state index in [4.69, 9.17) is 9.84 Å². The second-order valence-corrected chi connectivity index (χ2v) is 4.80.